The van der Waals surface area contributed by atoms with Crippen molar-refractivity contribution in [1.82, 2.24) is 4.90 Å². The highest BCUT2D eigenvalue weighted by Gasteiger charge is 2.33. The third-order valence-corrected chi connectivity index (χ3v) is 3.77. The molecule has 94 valence electrons. The second kappa shape index (κ2) is 5.17. The molecule has 0 aromatic heterocycles. The van der Waals surface area contributed by atoms with Gasteiger partial charge in [0, 0.05) is 19.5 Å². The Balaban J connectivity index is 2.53. The van der Waals surface area contributed by atoms with E-state index in [9.17, 15) is 4.79 Å². The average molecular weight is 226 g/mol. The van der Waals surface area contributed by atoms with Crippen LogP contribution in [0.2, 0.25) is 0 Å². The van der Waals surface area contributed by atoms with Crippen LogP contribution in [0.4, 0.5) is 0 Å². The molecule has 1 rings (SSSR count). The minimum atomic E-state index is 0.0201. The zero-order chi connectivity index (χ0) is 12.3. The molecule has 1 saturated carbocycles. The van der Waals surface area contributed by atoms with Gasteiger partial charge in [-0.2, -0.15) is 0 Å². The average Bonchev–Trinajstić information content (AvgIpc) is 2.62. The molecule has 0 spiro atoms. The molecule has 2 atom stereocenters. The van der Waals surface area contributed by atoms with Crippen molar-refractivity contribution in [2.24, 2.45) is 23.0 Å². The minimum Gasteiger partial charge on any atom is -0.345 e. The standard InChI is InChI=1S/C13H26N2O/c1-10-6-5-7-11(10)12(16)15(4)9-13(2,3)8-14/h10-11H,5-9,14H2,1-4H3. The van der Waals surface area contributed by atoms with E-state index in [4.69, 9.17) is 5.73 Å². The van der Waals surface area contributed by atoms with Gasteiger partial charge in [-0.1, -0.05) is 27.2 Å². The van der Waals surface area contributed by atoms with E-state index in [-0.39, 0.29) is 11.3 Å². The van der Waals surface area contributed by atoms with Crippen LogP contribution >= 0.6 is 0 Å². The molecule has 0 bridgehead atoms. The number of amides is 1. The first-order chi connectivity index (χ1) is 7.37. The lowest BCUT2D eigenvalue weighted by atomic mass is 9.91. The second-order valence-corrected chi connectivity index (χ2v) is 6.08. The van der Waals surface area contributed by atoms with Crippen LogP contribution in [-0.4, -0.2) is 30.9 Å². The number of nitrogens with two attached hydrogens (primary N) is 1. The summed E-state index contributed by atoms with van der Waals surface area (Å²) in [5.74, 6) is 1.11. The van der Waals surface area contributed by atoms with Crippen molar-refractivity contribution >= 4 is 5.91 Å². The Morgan fingerprint density at radius 3 is 2.50 bits per heavy atom. The zero-order valence-electron chi connectivity index (χ0n) is 11.1. The third kappa shape index (κ3) is 3.21. The van der Waals surface area contributed by atoms with E-state index in [0.29, 0.717) is 18.4 Å². The fourth-order valence-electron chi connectivity index (χ4n) is 2.58. The maximum Gasteiger partial charge on any atom is 0.225 e. The van der Waals surface area contributed by atoms with Crippen LogP contribution in [0.25, 0.3) is 0 Å². The summed E-state index contributed by atoms with van der Waals surface area (Å²) < 4.78 is 0. The van der Waals surface area contributed by atoms with Gasteiger partial charge in [-0.3, -0.25) is 4.79 Å². The Hall–Kier alpha value is -0.570. The largest absolute Gasteiger partial charge is 0.345 e. The van der Waals surface area contributed by atoms with E-state index < -0.39 is 0 Å². The first kappa shape index (κ1) is 13.5. The molecule has 0 radical (unpaired) electrons. The van der Waals surface area contributed by atoms with Gasteiger partial charge in [0.25, 0.3) is 0 Å². The van der Waals surface area contributed by atoms with Gasteiger partial charge in [0.15, 0.2) is 0 Å². The van der Waals surface area contributed by atoms with Crippen LogP contribution in [-0.2, 0) is 4.79 Å². The molecule has 1 aliphatic rings. The quantitative estimate of drug-likeness (QED) is 0.795. The van der Waals surface area contributed by atoms with E-state index in [1.54, 1.807) is 0 Å². The Bertz CT molecular complexity index is 250. The van der Waals surface area contributed by atoms with Gasteiger partial charge in [-0.25, -0.2) is 0 Å². The summed E-state index contributed by atoms with van der Waals surface area (Å²) in [7, 11) is 1.91. The van der Waals surface area contributed by atoms with E-state index >= 15 is 0 Å². The number of rotatable bonds is 4. The minimum absolute atomic E-state index is 0.0201. The van der Waals surface area contributed by atoms with Crippen LogP contribution in [0, 0.1) is 17.3 Å². The fourth-order valence-corrected chi connectivity index (χ4v) is 2.58. The van der Waals surface area contributed by atoms with Gasteiger partial charge >= 0.3 is 0 Å². The van der Waals surface area contributed by atoms with E-state index in [1.165, 1.54) is 12.8 Å². The molecule has 0 saturated heterocycles. The summed E-state index contributed by atoms with van der Waals surface area (Å²) in [6, 6.07) is 0. The van der Waals surface area contributed by atoms with Gasteiger partial charge in [0.05, 0.1) is 0 Å². The first-order valence-electron chi connectivity index (χ1n) is 6.32. The predicted octanol–water partition coefficient (Wildman–Crippen LogP) is 1.87. The Morgan fingerprint density at radius 1 is 1.44 bits per heavy atom. The normalized spacial score (nSPS) is 25.8. The summed E-state index contributed by atoms with van der Waals surface area (Å²) in [5.41, 5.74) is 5.72. The molecule has 1 aliphatic carbocycles. The van der Waals surface area contributed by atoms with Gasteiger partial charge in [0.1, 0.15) is 0 Å². The molecule has 0 aromatic rings. The van der Waals surface area contributed by atoms with E-state index in [2.05, 4.69) is 20.8 Å². The van der Waals surface area contributed by atoms with Crippen LogP contribution in [0.15, 0.2) is 0 Å². The Kier molecular flexibility index (Phi) is 4.36. The fraction of sp³-hybridized carbons (Fsp3) is 0.923. The number of carbonyl (C=O) groups is 1. The highest BCUT2D eigenvalue weighted by Crippen LogP contribution is 2.32. The lowest BCUT2D eigenvalue weighted by Gasteiger charge is -2.31. The molecule has 2 unspecified atom stereocenters. The Morgan fingerprint density at radius 2 is 2.06 bits per heavy atom. The van der Waals surface area contributed by atoms with Gasteiger partial charge in [-0.05, 0) is 30.7 Å². The smallest absolute Gasteiger partial charge is 0.225 e. The molecular formula is C13H26N2O. The number of hydrogen-bond donors (Lipinski definition) is 1. The molecule has 0 aliphatic heterocycles. The van der Waals surface area contributed by atoms with E-state index in [0.717, 1.165) is 13.0 Å². The van der Waals surface area contributed by atoms with Gasteiger partial charge in [-0.15, -0.1) is 0 Å². The van der Waals surface area contributed by atoms with Crippen molar-refractivity contribution in [1.29, 1.82) is 0 Å². The van der Waals surface area contributed by atoms with Gasteiger partial charge < -0.3 is 10.6 Å². The monoisotopic (exact) mass is 226 g/mol. The highest BCUT2D eigenvalue weighted by atomic mass is 16.2. The summed E-state index contributed by atoms with van der Waals surface area (Å²) in [4.78, 5) is 14.1. The van der Waals surface area contributed by atoms with Crippen LogP contribution < -0.4 is 5.73 Å². The molecule has 1 fully saturated rings. The summed E-state index contributed by atoms with van der Waals surface area (Å²) in [5, 5.41) is 0. The molecule has 2 N–H and O–H groups in total. The van der Waals surface area contributed by atoms with E-state index in [1.807, 2.05) is 11.9 Å². The molecule has 1 amide bonds. The molecular weight excluding hydrogens is 200 g/mol. The Labute approximate surface area is 99.4 Å². The van der Waals surface area contributed by atoms with Crippen molar-refractivity contribution in [2.45, 2.75) is 40.0 Å². The van der Waals surface area contributed by atoms with Crippen molar-refractivity contribution in [3.05, 3.63) is 0 Å². The van der Waals surface area contributed by atoms with Crippen molar-refractivity contribution in [3.63, 3.8) is 0 Å². The predicted molar refractivity (Wildman–Crippen MR) is 67.0 cm³/mol. The molecule has 0 heterocycles. The van der Waals surface area contributed by atoms with Crippen molar-refractivity contribution < 1.29 is 4.79 Å². The molecule has 0 aromatic carbocycles. The van der Waals surface area contributed by atoms with Gasteiger partial charge in [0.2, 0.25) is 5.91 Å². The van der Waals surface area contributed by atoms with Crippen LogP contribution in [0.5, 0.6) is 0 Å². The maximum absolute atomic E-state index is 12.2. The van der Waals surface area contributed by atoms with Crippen molar-refractivity contribution in [3.8, 4) is 0 Å². The summed E-state index contributed by atoms with van der Waals surface area (Å²) >= 11 is 0. The SMILES string of the molecule is CC1CCCC1C(=O)N(C)CC(C)(C)CN. The number of nitrogens with zero attached hydrogens (tertiary/aromatic N) is 1. The molecule has 16 heavy (non-hydrogen) atoms. The number of carbonyl (C=O) groups excluding carboxylic acids is 1. The van der Waals surface area contributed by atoms with Crippen molar-refractivity contribution in [2.75, 3.05) is 20.1 Å². The topological polar surface area (TPSA) is 46.3 Å². The maximum atomic E-state index is 12.2. The third-order valence-electron chi connectivity index (χ3n) is 3.77. The lowest BCUT2D eigenvalue weighted by molar-refractivity contribution is -0.136. The van der Waals surface area contributed by atoms with Crippen LogP contribution in [0.3, 0.4) is 0 Å². The number of hydrogen-bond acceptors (Lipinski definition) is 2. The van der Waals surface area contributed by atoms with Crippen LogP contribution in [0.1, 0.15) is 40.0 Å². The highest BCUT2D eigenvalue weighted by molar-refractivity contribution is 5.79. The lowest BCUT2D eigenvalue weighted by Crippen LogP contribution is -2.42. The summed E-state index contributed by atoms with van der Waals surface area (Å²) in [6.07, 6.45) is 3.46. The molecule has 3 heteroatoms. The summed E-state index contributed by atoms with van der Waals surface area (Å²) in [6.45, 7) is 7.78. The first-order valence-corrected chi connectivity index (χ1v) is 6.32. The second-order valence-electron chi connectivity index (χ2n) is 6.08. The zero-order valence-corrected chi connectivity index (χ0v) is 11.1. The molecule has 3 nitrogen and oxygen atoms in total.